The van der Waals surface area contributed by atoms with Crippen molar-refractivity contribution >= 4 is 5.69 Å². The fourth-order valence-electron chi connectivity index (χ4n) is 2.47. The second kappa shape index (κ2) is 4.81. The van der Waals surface area contributed by atoms with Crippen LogP contribution in [0.5, 0.6) is 0 Å². The Balaban J connectivity index is 1.93. The van der Waals surface area contributed by atoms with E-state index in [2.05, 4.69) is 84.7 Å². The maximum absolute atomic E-state index is 2.27. The van der Waals surface area contributed by atoms with E-state index in [1.807, 2.05) is 0 Å². The molecule has 0 radical (unpaired) electrons. The summed E-state index contributed by atoms with van der Waals surface area (Å²) in [4.78, 5) is 4.44. The van der Waals surface area contributed by atoms with Gasteiger partial charge in [-0.15, -0.1) is 0 Å². The van der Waals surface area contributed by atoms with Gasteiger partial charge in [0.25, 0.3) is 0 Å². The Hall–Kier alpha value is -2.22. The van der Waals surface area contributed by atoms with Gasteiger partial charge in [-0.1, -0.05) is 36.4 Å². The van der Waals surface area contributed by atoms with Gasteiger partial charge in [0.05, 0.1) is 6.67 Å². The highest BCUT2D eigenvalue weighted by Crippen LogP contribution is 2.28. The van der Waals surface area contributed by atoms with Crippen molar-refractivity contribution in [1.82, 2.24) is 4.90 Å². The molecule has 2 heteroatoms. The molecule has 0 fully saturated rings. The average molecular weight is 250 g/mol. The first-order valence-corrected chi connectivity index (χ1v) is 6.55. The van der Waals surface area contributed by atoms with Gasteiger partial charge in [0.15, 0.2) is 0 Å². The molecule has 0 saturated carbocycles. The minimum absolute atomic E-state index is 0.922. The maximum atomic E-state index is 2.27. The van der Waals surface area contributed by atoms with E-state index in [9.17, 15) is 0 Å². The van der Waals surface area contributed by atoms with Crippen LogP contribution >= 0.6 is 0 Å². The van der Waals surface area contributed by atoms with Crippen molar-refractivity contribution in [1.29, 1.82) is 0 Å². The number of nitrogens with zero attached hydrogens (tertiary/aromatic N) is 2. The van der Waals surface area contributed by atoms with Gasteiger partial charge in [-0.25, -0.2) is 0 Å². The summed E-state index contributed by atoms with van der Waals surface area (Å²) in [5, 5.41) is 0. The summed E-state index contributed by atoms with van der Waals surface area (Å²) in [5.74, 6) is 0. The van der Waals surface area contributed by atoms with E-state index < -0.39 is 0 Å². The summed E-state index contributed by atoms with van der Waals surface area (Å²) in [6.45, 7) is 3.10. The lowest BCUT2D eigenvalue weighted by atomic mass is 10.0. The lowest BCUT2D eigenvalue weighted by molar-refractivity contribution is 0.495. The molecule has 2 aromatic carbocycles. The van der Waals surface area contributed by atoms with Gasteiger partial charge >= 0.3 is 0 Å². The van der Waals surface area contributed by atoms with E-state index in [0.29, 0.717) is 0 Å². The summed E-state index contributed by atoms with van der Waals surface area (Å²) in [7, 11) is 2.09. The highest BCUT2D eigenvalue weighted by molar-refractivity contribution is 5.69. The predicted octanol–water partition coefficient (Wildman–Crippen LogP) is 3.84. The normalized spacial score (nSPS) is 14.2. The standard InChI is InChI=1S/C17H18N2/c1-14-12-16(15-6-4-3-5-7-15)8-9-17(14)19-11-10-18(2)13-19/h3-12H,13H2,1-2H3. The van der Waals surface area contributed by atoms with E-state index in [1.54, 1.807) is 0 Å². The van der Waals surface area contributed by atoms with Gasteiger partial charge in [0.2, 0.25) is 0 Å². The molecule has 1 aliphatic rings. The molecular weight excluding hydrogens is 232 g/mol. The molecule has 19 heavy (non-hydrogen) atoms. The Kier molecular flexibility index (Phi) is 3.00. The first kappa shape index (κ1) is 11.8. The van der Waals surface area contributed by atoms with Crippen LogP contribution in [0.3, 0.4) is 0 Å². The molecule has 2 aromatic rings. The maximum Gasteiger partial charge on any atom is 0.0939 e. The molecule has 1 heterocycles. The third-order valence-electron chi connectivity index (χ3n) is 3.49. The number of hydrogen-bond donors (Lipinski definition) is 0. The highest BCUT2D eigenvalue weighted by Gasteiger charge is 2.13. The second-order valence-corrected chi connectivity index (χ2v) is 5.03. The van der Waals surface area contributed by atoms with Crippen molar-refractivity contribution in [2.24, 2.45) is 0 Å². The summed E-state index contributed by atoms with van der Waals surface area (Å²) >= 11 is 0. The van der Waals surface area contributed by atoms with Gasteiger partial charge in [0.1, 0.15) is 0 Å². The Morgan fingerprint density at radius 1 is 0.895 bits per heavy atom. The smallest absolute Gasteiger partial charge is 0.0939 e. The molecule has 0 unspecified atom stereocenters. The minimum atomic E-state index is 0.922. The van der Waals surface area contributed by atoms with Crippen LogP contribution in [0.2, 0.25) is 0 Å². The van der Waals surface area contributed by atoms with Gasteiger partial charge in [-0.3, -0.25) is 0 Å². The molecule has 3 rings (SSSR count). The van der Waals surface area contributed by atoms with Crippen molar-refractivity contribution in [3.8, 4) is 11.1 Å². The van der Waals surface area contributed by atoms with Gasteiger partial charge in [-0.05, 0) is 35.7 Å². The van der Waals surface area contributed by atoms with E-state index in [1.165, 1.54) is 22.4 Å². The fraction of sp³-hybridized carbons (Fsp3) is 0.176. The van der Waals surface area contributed by atoms with Crippen LogP contribution in [0, 0.1) is 6.92 Å². The predicted molar refractivity (Wildman–Crippen MR) is 80.9 cm³/mol. The van der Waals surface area contributed by atoms with Crippen LogP contribution < -0.4 is 4.90 Å². The molecule has 0 aromatic heterocycles. The molecule has 0 amide bonds. The molecule has 0 N–H and O–H groups in total. The Bertz CT molecular complexity index is 602. The average Bonchev–Trinajstić information content (AvgIpc) is 2.86. The number of hydrogen-bond acceptors (Lipinski definition) is 2. The zero-order valence-corrected chi connectivity index (χ0v) is 11.4. The van der Waals surface area contributed by atoms with Crippen molar-refractivity contribution in [2.75, 3.05) is 18.6 Å². The molecule has 1 aliphatic heterocycles. The molecular formula is C17H18N2. The molecule has 0 aliphatic carbocycles. The lowest BCUT2D eigenvalue weighted by Crippen LogP contribution is -2.22. The first-order valence-electron chi connectivity index (χ1n) is 6.55. The van der Waals surface area contributed by atoms with E-state index in [-0.39, 0.29) is 0 Å². The first-order chi connectivity index (χ1) is 9.24. The summed E-state index contributed by atoms with van der Waals surface area (Å²) < 4.78 is 0. The summed E-state index contributed by atoms with van der Waals surface area (Å²) in [6, 6.07) is 17.2. The summed E-state index contributed by atoms with van der Waals surface area (Å²) in [6.07, 6.45) is 4.23. The van der Waals surface area contributed by atoms with Gasteiger partial charge in [0, 0.05) is 25.1 Å². The molecule has 0 atom stereocenters. The Labute approximate surface area is 114 Å². The van der Waals surface area contributed by atoms with Crippen LogP contribution in [-0.2, 0) is 0 Å². The Morgan fingerprint density at radius 3 is 2.32 bits per heavy atom. The SMILES string of the molecule is Cc1cc(-c2ccccc2)ccc1N1C=CN(C)C1. The van der Waals surface area contributed by atoms with Gasteiger partial charge in [-0.2, -0.15) is 0 Å². The Morgan fingerprint density at radius 2 is 1.68 bits per heavy atom. The van der Waals surface area contributed by atoms with Crippen molar-refractivity contribution < 1.29 is 0 Å². The van der Waals surface area contributed by atoms with Crippen molar-refractivity contribution in [3.05, 3.63) is 66.5 Å². The monoisotopic (exact) mass is 250 g/mol. The molecule has 96 valence electrons. The topological polar surface area (TPSA) is 6.48 Å². The van der Waals surface area contributed by atoms with Crippen LogP contribution in [0.1, 0.15) is 5.56 Å². The van der Waals surface area contributed by atoms with Crippen LogP contribution in [-0.4, -0.2) is 18.6 Å². The van der Waals surface area contributed by atoms with Crippen molar-refractivity contribution in [3.63, 3.8) is 0 Å². The third kappa shape index (κ3) is 2.34. The second-order valence-electron chi connectivity index (χ2n) is 5.03. The lowest BCUT2D eigenvalue weighted by Gasteiger charge is -2.20. The van der Waals surface area contributed by atoms with Crippen LogP contribution in [0.25, 0.3) is 11.1 Å². The van der Waals surface area contributed by atoms with Gasteiger partial charge < -0.3 is 9.80 Å². The highest BCUT2D eigenvalue weighted by atomic mass is 15.3. The zero-order valence-electron chi connectivity index (χ0n) is 11.4. The number of benzene rings is 2. The van der Waals surface area contributed by atoms with Crippen LogP contribution in [0.15, 0.2) is 60.9 Å². The molecule has 0 saturated heterocycles. The summed E-state index contributed by atoms with van der Waals surface area (Å²) in [5.41, 5.74) is 5.13. The van der Waals surface area contributed by atoms with Crippen molar-refractivity contribution in [2.45, 2.75) is 6.92 Å². The third-order valence-corrected chi connectivity index (χ3v) is 3.49. The van der Waals surface area contributed by atoms with E-state index in [4.69, 9.17) is 0 Å². The number of aryl methyl sites for hydroxylation is 1. The molecule has 2 nitrogen and oxygen atoms in total. The fourth-order valence-corrected chi connectivity index (χ4v) is 2.47. The van der Waals surface area contributed by atoms with E-state index in [0.717, 1.165) is 6.67 Å². The minimum Gasteiger partial charge on any atom is -0.361 e. The molecule has 0 spiro atoms. The zero-order chi connectivity index (χ0) is 13.2. The number of anilines is 1. The number of rotatable bonds is 2. The molecule has 0 bridgehead atoms. The largest absolute Gasteiger partial charge is 0.361 e. The van der Waals surface area contributed by atoms with Crippen LogP contribution in [0.4, 0.5) is 5.69 Å². The quantitative estimate of drug-likeness (QED) is 0.799. The van der Waals surface area contributed by atoms with E-state index >= 15 is 0 Å².